The van der Waals surface area contributed by atoms with Gasteiger partial charge in [-0.1, -0.05) is 35.9 Å². The Hall–Kier alpha value is -3.03. The molecule has 0 radical (unpaired) electrons. The van der Waals surface area contributed by atoms with Crippen LogP contribution in [-0.4, -0.2) is 45.3 Å². The summed E-state index contributed by atoms with van der Waals surface area (Å²) >= 11 is 6.28. The number of ether oxygens (including phenoxy) is 1. The Bertz CT molecular complexity index is 1150. The van der Waals surface area contributed by atoms with Gasteiger partial charge in [-0.25, -0.2) is 4.68 Å². The van der Waals surface area contributed by atoms with E-state index in [1.54, 1.807) is 17.9 Å². The van der Waals surface area contributed by atoms with Crippen LogP contribution >= 0.6 is 11.6 Å². The van der Waals surface area contributed by atoms with Gasteiger partial charge < -0.3 is 9.64 Å². The number of nitrogens with zero attached hydrogens (tertiary/aromatic N) is 4. The zero-order valence-electron chi connectivity index (χ0n) is 17.2. The molecule has 1 aromatic carbocycles. The van der Waals surface area contributed by atoms with Crippen LogP contribution in [0.1, 0.15) is 28.7 Å². The number of aromatic nitrogens is 3. The number of carbonyl (C=O) groups excluding carboxylic acids is 1. The van der Waals surface area contributed by atoms with Crippen molar-refractivity contribution in [2.24, 2.45) is 0 Å². The Kier molecular flexibility index (Phi) is 6.44. The maximum absolute atomic E-state index is 12.8. The van der Waals surface area contributed by atoms with E-state index in [1.165, 1.54) is 10.7 Å². The number of halogens is 1. The first kappa shape index (κ1) is 21.2. The molecular weight excluding hydrogens is 416 g/mol. The van der Waals surface area contributed by atoms with Crippen LogP contribution in [0.3, 0.4) is 0 Å². The first-order valence-corrected chi connectivity index (χ1v) is 10.5. The van der Waals surface area contributed by atoms with Crippen LogP contribution in [0, 0.1) is 6.92 Å². The zero-order valence-corrected chi connectivity index (χ0v) is 18.0. The van der Waals surface area contributed by atoms with E-state index in [2.05, 4.69) is 5.10 Å². The van der Waals surface area contributed by atoms with Crippen molar-refractivity contribution in [3.8, 4) is 0 Å². The molecule has 3 aromatic rings. The number of hydrogen-bond donors (Lipinski definition) is 0. The van der Waals surface area contributed by atoms with Crippen LogP contribution in [0.5, 0.6) is 0 Å². The van der Waals surface area contributed by atoms with Crippen molar-refractivity contribution < 1.29 is 9.53 Å². The number of amides is 1. The molecule has 1 atom stereocenters. The standard InChI is InChI=1S/C23H23ClN4O3/c1-16-9-10-22(29)28(26-16)15-23(30)27-11-12-31-21(14-27)20-8-4-6-18(25-20)13-17-5-2-3-7-19(17)24/h2-10,21H,11-15H2,1H3/t21-/m0/s1. The van der Waals surface area contributed by atoms with E-state index in [4.69, 9.17) is 21.3 Å². The molecule has 1 saturated heterocycles. The van der Waals surface area contributed by atoms with E-state index in [9.17, 15) is 9.59 Å². The van der Waals surface area contributed by atoms with Gasteiger partial charge in [0.05, 0.1) is 24.5 Å². The SMILES string of the molecule is Cc1ccc(=O)n(CC(=O)N2CCO[C@H](c3cccc(Cc4ccccc4Cl)n3)C2)n1. The summed E-state index contributed by atoms with van der Waals surface area (Å²) in [5.74, 6) is -0.166. The zero-order chi connectivity index (χ0) is 21.8. The Morgan fingerprint density at radius 1 is 1.16 bits per heavy atom. The number of benzene rings is 1. The van der Waals surface area contributed by atoms with Gasteiger partial charge in [-0.2, -0.15) is 5.10 Å². The van der Waals surface area contributed by atoms with E-state index in [1.807, 2.05) is 42.5 Å². The fourth-order valence-corrected chi connectivity index (χ4v) is 3.76. The summed E-state index contributed by atoms with van der Waals surface area (Å²) in [5.41, 5.74) is 3.05. The first-order chi connectivity index (χ1) is 15.0. The molecule has 0 saturated carbocycles. The van der Waals surface area contributed by atoms with Crippen molar-refractivity contribution in [1.82, 2.24) is 19.7 Å². The number of carbonyl (C=O) groups is 1. The van der Waals surface area contributed by atoms with Gasteiger partial charge >= 0.3 is 0 Å². The molecule has 7 nitrogen and oxygen atoms in total. The molecule has 0 spiro atoms. The lowest BCUT2D eigenvalue weighted by Gasteiger charge is -2.32. The fourth-order valence-electron chi connectivity index (χ4n) is 3.56. The third-order valence-corrected chi connectivity index (χ3v) is 5.56. The molecule has 160 valence electrons. The van der Waals surface area contributed by atoms with Crippen LogP contribution in [0.15, 0.2) is 59.4 Å². The van der Waals surface area contributed by atoms with Crippen LogP contribution < -0.4 is 5.56 Å². The maximum atomic E-state index is 12.8. The molecule has 1 amide bonds. The fraction of sp³-hybridized carbons (Fsp3) is 0.304. The largest absolute Gasteiger partial charge is 0.368 e. The second-order valence-electron chi connectivity index (χ2n) is 7.49. The van der Waals surface area contributed by atoms with Crippen molar-refractivity contribution in [2.75, 3.05) is 19.7 Å². The van der Waals surface area contributed by atoms with E-state index in [0.717, 1.165) is 17.0 Å². The highest BCUT2D eigenvalue weighted by atomic mass is 35.5. The molecule has 8 heteroatoms. The number of pyridine rings is 1. The monoisotopic (exact) mass is 438 g/mol. The quantitative estimate of drug-likeness (QED) is 0.612. The molecule has 0 N–H and O–H groups in total. The Balaban J connectivity index is 1.46. The highest BCUT2D eigenvalue weighted by Crippen LogP contribution is 2.23. The molecule has 0 bridgehead atoms. The molecule has 2 aromatic heterocycles. The van der Waals surface area contributed by atoms with Crippen molar-refractivity contribution in [2.45, 2.75) is 26.0 Å². The van der Waals surface area contributed by atoms with Gasteiger partial charge in [-0.3, -0.25) is 14.6 Å². The molecule has 31 heavy (non-hydrogen) atoms. The molecular formula is C23H23ClN4O3. The molecule has 0 aliphatic carbocycles. The smallest absolute Gasteiger partial charge is 0.267 e. The maximum Gasteiger partial charge on any atom is 0.267 e. The third kappa shape index (κ3) is 5.18. The van der Waals surface area contributed by atoms with Crippen molar-refractivity contribution in [3.05, 3.63) is 92.6 Å². The minimum absolute atomic E-state index is 0.0901. The lowest BCUT2D eigenvalue weighted by Crippen LogP contribution is -2.45. The third-order valence-electron chi connectivity index (χ3n) is 5.19. The molecule has 1 aliphatic rings. The van der Waals surface area contributed by atoms with Gasteiger partial charge in [0, 0.05) is 29.7 Å². The number of morpholine rings is 1. The average molecular weight is 439 g/mol. The summed E-state index contributed by atoms with van der Waals surface area (Å²) in [6, 6.07) is 16.6. The first-order valence-electron chi connectivity index (χ1n) is 10.1. The minimum Gasteiger partial charge on any atom is -0.368 e. The van der Waals surface area contributed by atoms with Gasteiger partial charge in [0.15, 0.2) is 0 Å². The topological polar surface area (TPSA) is 77.3 Å². The number of aryl methyl sites for hydroxylation is 1. The second kappa shape index (κ2) is 9.41. The van der Waals surface area contributed by atoms with Gasteiger partial charge in [-0.15, -0.1) is 0 Å². The molecule has 1 fully saturated rings. The molecule has 3 heterocycles. The number of rotatable bonds is 5. The summed E-state index contributed by atoms with van der Waals surface area (Å²) in [5, 5.41) is 4.85. The predicted molar refractivity (Wildman–Crippen MR) is 117 cm³/mol. The summed E-state index contributed by atoms with van der Waals surface area (Å²) in [6.07, 6.45) is 0.288. The summed E-state index contributed by atoms with van der Waals surface area (Å²) < 4.78 is 7.10. The molecule has 4 rings (SSSR count). The average Bonchev–Trinajstić information content (AvgIpc) is 2.78. The predicted octanol–water partition coefficient (Wildman–Crippen LogP) is 2.79. The van der Waals surface area contributed by atoms with Crippen LogP contribution in [0.4, 0.5) is 0 Å². The van der Waals surface area contributed by atoms with Crippen LogP contribution in [0.25, 0.3) is 0 Å². The normalized spacial score (nSPS) is 16.3. The Labute approximate surface area is 185 Å². The number of hydrogen-bond acceptors (Lipinski definition) is 5. The van der Waals surface area contributed by atoms with E-state index < -0.39 is 0 Å². The molecule has 1 aliphatic heterocycles. The van der Waals surface area contributed by atoms with Crippen molar-refractivity contribution >= 4 is 17.5 Å². The van der Waals surface area contributed by atoms with Crippen LogP contribution in [-0.2, 0) is 22.5 Å². The second-order valence-corrected chi connectivity index (χ2v) is 7.90. The van der Waals surface area contributed by atoms with Gasteiger partial charge in [0.2, 0.25) is 5.91 Å². The van der Waals surface area contributed by atoms with Gasteiger partial charge in [-0.05, 0) is 36.8 Å². The Morgan fingerprint density at radius 2 is 2.00 bits per heavy atom. The van der Waals surface area contributed by atoms with Crippen LogP contribution in [0.2, 0.25) is 5.02 Å². The van der Waals surface area contributed by atoms with E-state index in [-0.39, 0.29) is 24.1 Å². The van der Waals surface area contributed by atoms with Gasteiger partial charge in [0.25, 0.3) is 5.56 Å². The minimum atomic E-state index is -0.328. The lowest BCUT2D eigenvalue weighted by atomic mass is 10.1. The van der Waals surface area contributed by atoms with Gasteiger partial charge in [0.1, 0.15) is 12.6 Å². The summed E-state index contributed by atoms with van der Waals surface area (Å²) in [6.45, 7) is 2.94. The van der Waals surface area contributed by atoms with E-state index >= 15 is 0 Å². The highest BCUT2D eigenvalue weighted by Gasteiger charge is 2.27. The molecule has 0 unspecified atom stereocenters. The highest BCUT2D eigenvalue weighted by molar-refractivity contribution is 6.31. The summed E-state index contributed by atoms with van der Waals surface area (Å²) in [4.78, 5) is 31.2. The van der Waals surface area contributed by atoms with Crippen molar-refractivity contribution in [1.29, 1.82) is 0 Å². The van der Waals surface area contributed by atoms with Crippen molar-refractivity contribution in [3.63, 3.8) is 0 Å². The lowest BCUT2D eigenvalue weighted by molar-refractivity contribution is -0.140. The van der Waals surface area contributed by atoms with E-state index in [0.29, 0.717) is 36.8 Å². The Morgan fingerprint density at radius 3 is 2.84 bits per heavy atom. The summed E-state index contributed by atoms with van der Waals surface area (Å²) in [7, 11) is 0.